The molecule has 0 heterocycles. The Morgan fingerprint density at radius 2 is 1.19 bits per heavy atom. The number of rotatable bonds is 8. The van der Waals surface area contributed by atoms with Gasteiger partial charge in [0, 0.05) is 0 Å². The largest absolute Gasteiger partial charge is 0.290 e. The maximum atomic E-state index is 12.8. The molecule has 0 aromatic heterocycles. The molecule has 0 radical (unpaired) electrons. The van der Waals surface area contributed by atoms with E-state index in [1.807, 2.05) is 12.2 Å². The fraction of sp³-hybridized carbons (Fsp3) is 0.320. The first kappa shape index (κ1) is 19.9. The molecule has 0 aliphatic heterocycles. The molecule has 0 bridgehead atoms. The van der Waals surface area contributed by atoms with E-state index >= 15 is 0 Å². The van der Waals surface area contributed by atoms with Crippen LogP contribution in [0.2, 0.25) is 0 Å². The molecule has 0 fully saturated rings. The number of benzene rings is 2. The highest BCUT2D eigenvalue weighted by atomic mass is 16.1. The summed E-state index contributed by atoms with van der Waals surface area (Å²) in [6.07, 6.45) is 7.52. The van der Waals surface area contributed by atoms with E-state index in [2.05, 4.69) is 76.2 Å². The average Bonchev–Trinajstić information content (AvgIpc) is 2.61. The minimum absolute atomic E-state index is 0.0833. The van der Waals surface area contributed by atoms with E-state index in [4.69, 9.17) is 0 Å². The number of hydrogen-bond acceptors (Lipinski definition) is 1. The van der Waals surface area contributed by atoms with E-state index in [-0.39, 0.29) is 5.78 Å². The van der Waals surface area contributed by atoms with Crippen LogP contribution in [0.1, 0.15) is 61.8 Å². The first-order chi connectivity index (χ1) is 12.5. The van der Waals surface area contributed by atoms with Gasteiger partial charge in [-0.2, -0.15) is 0 Å². The molecule has 0 spiro atoms. The number of aryl methyl sites for hydroxylation is 2. The summed E-state index contributed by atoms with van der Waals surface area (Å²) in [5.41, 5.74) is 7.00. The number of carbonyl (C=O) groups excluding carboxylic acids is 1. The molecular weight excluding hydrogens is 316 g/mol. The highest BCUT2D eigenvalue weighted by Gasteiger charge is 2.07. The van der Waals surface area contributed by atoms with E-state index in [1.54, 1.807) is 0 Å². The van der Waals surface area contributed by atoms with Crippen LogP contribution in [0.3, 0.4) is 0 Å². The zero-order valence-electron chi connectivity index (χ0n) is 16.5. The molecule has 1 heteroatoms. The van der Waals surface area contributed by atoms with Crippen molar-refractivity contribution in [3.8, 4) is 0 Å². The standard InChI is InChI=1S/C25H30O/c1-5-9-21(23-13-7-11-19(3)15-23)17-25(26)18-22(10-6-2)24-14-8-12-20(4)16-24/h7-8,11-18H,5-6,9-10H2,1-4H3. The summed E-state index contributed by atoms with van der Waals surface area (Å²) in [7, 11) is 0. The molecule has 0 saturated heterocycles. The highest BCUT2D eigenvalue weighted by Crippen LogP contribution is 2.24. The van der Waals surface area contributed by atoms with Gasteiger partial charge in [-0.05, 0) is 61.1 Å². The minimum atomic E-state index is 0.0833. The van der Waals surface area contributed by atoms with Gasteiger partial charge in [-0.1, -0.05) is 86.3 Å². The van der Waals surface area contributed by atoms with Gasteiger partial charge < -0.3 is 0 Å². The van der Waals surface area contributed by atoms with Gasteiger partial charge in [-0.3, -0.25) is 4.79 Å². The zero-order chi connectivity index (χ0) is 18.9. The van der Waals surface area contributed by atoms with Gasteiger partial charge in [0.15, 0.2) is 5.78 Å². The van der Waals surface area contributed by atoms with Crippen molar-refractivity contribution in [2.75, 3.05) is 0 Å². The van der Waals surface area contributed by atoms with Gasteiger partial charge in [0.1, 0.15) is 0 Å². The lowest BCUT2D eigenvalue weighted by molar-refractivity contribution is -0.110. The van der Waals surface area contributed by atoms with Crippen molar-refractivity contribution < 1.29 is 4.79 Å². The Hall–Kier alpha value is -2.41. The Balaban J connectivity index is 2.36. The number of hydrogen-bond donors (Lipinski definition) is 0. The normalized spacial score (nSPS) is 12.3. The van der Waals surface area contributed by atoms with Crippen molar-refractivity contribution >= 4 is 16.9 Å². The van der Waals surface area contributed by atoms with Gasteiger partial charge in [0.2, 0.25) is 0 Å². The van der Waals surface area contributed by atoms with E-state index < -0.39 is 0 Å². The van der Waals surface area contributed by atoms with Crippen molar-refractivity contribution in [1.29, 1.82) is 0 Å². The predicted molar refractivity (Wildman–Crippen MR) is 113 cm³/mol. The van der Waals surface area contributed by atoms with Crippen molar-refractivity contribution in [1.82, 2.24) is 0 Å². The molecule has 0 saturated carbocycles. The van der Waals surface area contributed by atoms with Crippen LogP contribution >= 0.6 is 0 Å². The Morgan fingerprint density at radius 1 is 0.769 bits per heavy atom. The second kappa shape index (κ2) is 9.91. The Kier molecular flexibility index (Phi) is 7.59. The SMILES string of the molecule is CCCC(=CC(=O)C=C(CCC)c1cccc(C)c1)c1cccc(C)c1. The first-order valence-electron chi connectivity index (χ1n) is 9.62. The summed E-state index contributed by atoms with van der Waals surface area (Å²) in [6.45, 7) is 8.48. The van der Waals surface area contributed by atoms with Crippen molar-refractivity contribution in [3.05, 3.63) is 82.9 Å². The molecule has 0 N–H and O–H groups in total. The van der Waals surface area contributed by atoms with E-state index in [1.165, 1.54) is 11.1 Å². The molecule has 136 valence electrons. The van der Waals surface area contributed by atoms with Gasteiger partial charge in [-0.15, -0.1) is 0 Å². The summed E-state index contributed by atoms with van der Waals surface area (Å²) >= 11 is 0. The van der Waals surface area contributed by atoms with E-state index in [0.29, 0.717) is 0 Å². The van der Waals surface area contributed by atoms with Crippen molar-refractivity contribution in [2.45, 2.75) is 53.4 Å². The second-order valence-electron chi connectivity index (χ2n) is 6.98. The third-order valence-electron chi connectivity index (χ3n) is 4.45. The molecule has 0 aliphatic rings. The second-order valence-corrected chi connectivity index (χ2v) is 6.98. The van der Waals surface area contributed by atoms with Crippen LogP contribution in [-0.4, -0.2) is 5.78 Å². The third-order valence-corrected chi connectivity index (χ3v) is 4.45. The monoisotopic (exact) mass is 346 g/mol. The average molecular weight is 347 g/mol. The van der Waals surface area contributed by atoms with Gasteiger partial charge in [-0.25, -0.2) is 0 Å². The lowest BCUT2D eigenvalue weighted by atomic mass is 9.96. The first-order valence-corrected chi connectivity index (χ1v) is 9.62. The molecule has 0 aliphatic carbocycles. The summed E-state index contributed by atoms with van der Waals surface area (Å²) in [5.74, 6) is 0.0833. The Morgan fingerprint density at radius 3 is 1.54 bits per heavy atom. The Bertz CT molecular complexity index is 741. The van der Waals surface area contributed by atoms with Crippen LogP contribution in [0.4, 0.5) is 0 Å². The molecule has 0 amide bonds. The van der Waals surface area contributed by atoms with Crippen molar-refractivity contribution in [2.24, 2.45) is 0 Å². The highest BCUT2D eigenvalue weighted by molar-refractivity contribution is 6.08. The smallest absolute Gasteiger partial charge is 0.179 e. The fourth-order valence-corrected chi connectivity index (χ4v) is 3.21. The van der Waals surface area contributed by atoms with E-state index in [0.717, 1.165) is 48.0 Å². The number of carbonyl (C=O) groups is 1. The van der Waals surface area contributed by atoms with Crippen LogP contribution in [0.5, 0.6) is 0 Å². The van der Waals surface area contributed by atoms with Crippen molar-refractivity contribution in [3.63, 3.8) is 0 Å². The predicted octanol–water partition coefficient (Wildman–Crippen LogP) is 6.94. The zero-order valence-corrected chi connectivity index (χ0v) is 16.5. The maximum Gasteiger partial charge on any atom is 0.179 e. The number of allylic oxidation sites excluding steroid dienone is 4. The molecule has 2 rings (SSSR count). The van der Waals surface area contributed by atoms with Crippen LogP contribution in [0.15, 0.2) is 60.7 Å². The van der Waals surface area contributed by atoms with Crippen LogP contribution < -0.4 is 0 Å². The topological polar surface area (TPSA) is 17.1 Å². The fourth-order valence-electron chi connectivity index (χ4n) is 3.21. The lowest BCUT2D eigenvalue weighted by Crippen LogP contribution is -1.95. The number of ketones is 1. The maximum absolute atomic E-state index is 12.8. The minimum Gasteiger partial charge on any atom is -0.290 e. The van der Waals surface area contributed by atoms with Crippen LogP contribution in [0, 0.1) is 13.8 Å². The lowest BCUT2D eigenvalue weighted by Gasteiger charge is -2.09. The van der Waals surface area contributed by atoms with E-state index in [9.17, 15) is 4.79 Å². The third kappa shape index (κ3) is 5.84. The summed E-state index contributed by atoms with van der Waals surface area (Å²) in [4.78, 5) is 12.8. The molecule has 1 nitrogen and oxygen atoms in total. The summed E-state index contributed by atoms with van der Waals surface area (Å²) in [5, 5.41) is 0. The molecule has 26 heavy (non-hydrogen) atoms. The molecule has 2 aromatic carbocycles. The molecule has 0 unspecified atom stereocenters. The summed E-state index contributed by atoms with van der Waals surface area (Å²) < 4.78 is 0. The molecule has 2 aromatic rings. The Labute approximate surface area is 158 Å². The van der Waals surface area contributed by atoms with Crippen LogP contribution in [0.25, 0.3) is 11.1 Å². The van der Waals surface area contributed by atoms with Gasteiger partial charge >= 0.3 is 0 Å². The van der Waals surface area contributed by atoms with Gasteiger partial charge in [0.25, 0.3) is 0 Å². The quantitative estimate of drug-likeness (QED) is 0.473. The van der Waals surface area contributed by atoms with Crippen LogP contribution in [-0.2, 0) is 4.79 Å². The van der Waals surface area contributed by atoms with Gasteiger partial charge in [0.05, 0.1) is 0 Å². The summed E-state index contributed by atoms with van der Waals surface area (Å²) in [6, 6.07) is 16.8. The molecular formula is C25H30O. The molecule has 0 atom stereocenters.